The second kappa shape index (κ2) is 8.48. The van der Waals surface area contributed by atoms with Gasteiger partial charge in [0.15, 0.2) is 5.69 Å². The number of carbonyl (C=O) groups is 1. The molecule has 2 aromatic heterocycles. The fourth-order valence-electron chi connectivity index (χ4n) is 2.70. The van der Waals surface area contributed by atoms with Gasteiger partial charge >= 0.3 is 0 Å². The van der Waals surface area contributed by atoms with E-state index in [4.69, 9.17) is 0 Å². The molecule has 1 atom stereocenters. The number of aryl methyl sites for hydroxylation is 1. The molecule has 3 rings (SSSR count). The van der Waals surface area contributed by atoms with Crippen LogP contribution in [0.25, 0.3) is 0 Å². The Morgan fingerprint density at radius 1 is 1.16 bits per heavy atom. The van der Waals surface area contributed by atoms with Gasteiger partial charge < -0.3 is 4.90 Å². The SMILES string of the molecule is CC(CCc1ccccc1)N(Cc1cccnc1)C(=O)c1csnn1. The highest BCUT2D eigenvalue weighted by atomic mass is 32.1. The van der Waals surface area contributed by atoms with Crippen molar-refractivity contribution in [1.82, 2.24) is 19.5 Å². The standard InChI is InChI=1S/C19H20N4OS/c1-15(9-10-16-6-3-2-4-7-16)23(13-17-8-5-11-20-12-17)19(24)18-14-25-22-21-18/h2-8,11-12,14-15H,9-10,13H2,1H3. The first-order valence-electron chi connectivity index (χ1n) is 8.25. The summed E-state index contributed by atoms with van der Waals surface area (Å²) in [7, 11) is 0. The van der Waals surface area contributed by atoms with Crippen molar-refractivity contribution in [3.8, 4) is 0 Å². The Morgan fingerprint density at radius 2 is 1.96 bits per heavy atom. The van der Waals surface area contributed by atoms with Crippen molar-refractivity contribution in [2.24, 2.45) is 0 Å². The van der Waals surface area contributed by atoms with Crippen LogP contribution in [0.2, 0.25) is 0 Å². The zero-order valence-corrected chi connectivity index (χ0v) is 14.9. The first kappa shape index (κ1) is 17.2. The van der Waals surface area contributed by atoms with Crippen LogP contribution in [0.1, 0.15) is 35.0 Å². The minimum atomic E-state index is -0.0850. The number of rotatable bonds is 7. The fourth-order valence-corrected chi connectivity index (χ4v) is 3.13. The van der Waals surface area contributed by atoms with Crippen molar-refractivity contribution in [1.29, 1.82) is 0 Å². The number of hydrogen-bond donors (Lipinski definition) is 0. The van der Waals surface area contributed by atoms with Gasteiger partial charge in [-0.3, -0.25) is 9.78 Å². The molecule has 128 valence electrons. The van der Waals surface area contributed by atoms with E-state index >= 15 is 0 Å². The summed E-state index contributed by atoms with van der Waals surface area (Å²) in [6, 6.07) is 14.3. The van der Waals surface area contributed by atoms with Gasteiger partial charge in [-0.15, -0.1) is 5.10 Å². The molecular formula is C19H20N4OS. The van der Waals surface area contributed by atoms with Gasteiger partial charge in [0.2, 0.25) is 0 Å². The van der Waals surface area contributed by atoms with Crippen molar-refractivity contribution in [2.45, 2.75) is 32.4 Å². The summed E-state index contributed by atoms with van der Waals surface area (Å²) in [6.45, 7) is 2.59. The molecule has 25 heavy (non-hydrogen) atoms. The molecule has 5 nitrogen and oxygen atoms in total. The highest BCUT2D eigenvalue weighted by Gasteiger charge is 2.23. The van der Waals surface area contributed by atoms with E-state index in [0.29, 0.717) is 12.2 Å². The summed E-state index contributed by atoms with van der Waals surface area (Å²) < 4.78 is 3.82. The van der Waals surface area contributed by atoms with Gasteiger partial charge in [0.25, 0.3) is 5.91 Å². The van der Waals surface area contributed by atoms with Crippen LogP contribution >= 0.6 is 11.5 Å². The molecule has 0 spiro atoms. The van der Waals surface area contributed by atoms with Crippen molar-refractivity contribution < 1.29 is 4.79 Å². The van der Waals surface area contributed by atoms with Gasteiger partial charge in [0.05, 0.1) is 0 Å². The van der Waals surface area contributed by atoms with Crippen LogP contribution in [-0.2, 0) is 13.0 Å². The monoisotopic (exact) mass is 352 g/mol. The van der Waals surface area contributed by atoms with Gasteiger partial charge in [0, 0.05) is 30.4 Å². The van der Waals surface area contributed by atoms with E-state index in [0.717, 1.165) is 18.4 Å². The Hall–Kier alpha value is -2.60. The molecule has 0 saturated heterocycles. The maximum Gasteiger partial charge on any atom is 0.275 e. The maximum absolute atomic E-state index is 12.9. The third-order valence-corrected chi connectivity index (χ3v) is 4.65. The lowest BCUT2D eigenvalue weighted by Gasteiger charge is -2.29. The molecule has 0 fully saturated rings. The zero-order chi connectivity index (χ0) is 17.5. The van der Waals surface area contributed by atoms with E-state index in [9.17, 15) is 4.79 Å². The predicted molar refractivity (Wildman–Crippen MR) is 98.2 cm³/mol. The van der Waals surface area contributed by atoms with Crippen LogP contribution in [0.15, 0.2) is 60.2 Å². The van der Waals surface area contributed by atoms with Crippen molar-refractivity contribution in [3.63, 3.8) is 0 Å². The van der Waals surface area contributed by atoms with Crippen molar-refractivity contribution in [2.75, 3.05) is 0 Å². The van der Waals surface area contributed by atoms with Crippen LogP contribution < -0.4 is 0 Å². The first-order chi connectivity index (χ1) is 12.2. The number of amides is 1. The normalized spacial score (nSPS) is 11.9. The van der Waals surface area contributed by atoms with E-state index < -0.39 is 0 Å². The number of nitrogens with zero attached hydrogens (tertiary/aromatic N) is 4. The van der Waals surface area contributed by atoms with Crippen LogP contribution in [0.3, 0.4) is 0 Å². The molecule has 0 N–H and O–H groups in total. The minimum Gasteiger partial charge on any atom is -0.330 e. The summed E-state index contributed by atoms with van der Waals surface area (Å²) >= 11 is 1.19. The maximum atomic E-state index is 12.9. The third kappa shape index (κ3) is 4.70. The molecule has 0 aliphatic carbocycles. The second-order valence-corrected chi connectivity index (χ2v) is 6.57. The molecule has 6 heteroatoms. The molecule has 1 aromatic carbocycles. The van der Waals surface area contributed by atoms with E-state index in [1.54, 1.807) is 17.8 Å². The summed E-state index contributed by atoms with van der Waals surface area (Å²) in [4.78, 5) is 18.9. The summed E-state index contributed by atoms with van der Waals surface area (Å²) in [6.07, 6.45) is 5.34. The molecular weight excluding hydrogens is 332 g/mol. The largest absolute Gasteiger partial charge is 0.330 e. The molecule has 0 radical (unpaired) electrons. The minimum absolute atomic E-state index is 0.0783. The highest BCUT2D eigenvalue weighted by Crippen LogP contribution is 2.16. The quantitative estimate of drug-likeness (QED) is 0.652. The van der Waals surface area contributed by atoms with Gasteiger partial charge in [-0.05, 0) is 48.5 Å². The number of carbonyl (C=O) groups excluding carboxylic acids is 1. The van der Waals surface area contributed by atoms with Crippen LogP contribution in [0.5, 0.6) is 0 Å². The Balaban J connectivity index is 1.73. The Morgan fingerprint density at radius 3 is 2.64 bits per heavy atom. The average molecular weight is 352 g/mol. The Bertz CT molecular complexity index is 778. The Kier molecular flexibility index (Phi) is 5.85. The molecule has 0 aliphatic heterocycles. The number of aromatic nitrogens is 3. The molecule has 1 unspecified atom stereocenters. The molecule has 0 aliphatic rings. The lowest BCUT2D eigenvalue weighted by atomic mass is 10.0. The van der Waals surface area contributed by atoms with Crippen LogP contribution in [-0.4, -0.2) is 31.4 Å². The summed E-state index contributed by atoms with van der Waals surface area (Å²) in [5.41, 5.74) is 2.68. The smallest absolute Gasteiger partial charge is 0.275 e. The highest BCUT2D eigenvalue weighted by molar-refractivity contribution is 7.03. The number of benzene rings is 1. The van der Waals surface area contributed by atoms with E-state index in [-0.39, 0.29) is 11.9 Å². The van der Waals surface area contributed by atoms with Crippen molar-refractivity contribution in [3.05, 3.63) is 77.1 Å². The molecule has 0 saturated carbocycles. The van der Waals surface area contributed by atoms with Gasteiger partial charge in [-0.2, -0.15) is 0 Å². The third-order valence-electron chi connectivity index (χ3n) is 4.14. The molecule has 0 bridgehead atoms. The van der Waals surface area contributed by atoms with Crippen molar-refractivity contribution >= 4 is 17.4 Å². The molecule has 2 heterocycles. The zero-order valence-electron chi connectivity index (χ0n) is 14.1. The lowest BCUT2D eigenvalue weighted by molar-refractivity contribution is 0.0661. The molecule has 3 aromatic rings. The summed E-state index contributed by atoms with van der Waals surface area (Å²) in [5.74, 6) is -0.0850. The Labute approximate surface area is 151 Å². The first-order valence-corrected chi connectivity index (χ1v) is 9.08. The lowest BCUT2D eigenvalue weighted by Crippen LogP contribution is -2.38. The van der Waals surface area contributed by atoms with Crippen LogP contribution in [0.4, 0.5) is 0 Å². The van der Waals surface area contributed by atoms with Crippen LogP contribution in [0, 0.1) is 0 Å². The average Bonchev–Trinajstić information content (AvgIpc) is 3.20. The topological polar surface area (TPSA) is 59.0 Å². The number of pyridine rings is 1. The summed E-state index contributed by atoms with van der Waals surface area (Å²) in [5, 5.41) is 5.64. The van der Waals surface area contributed by atoms with E-state index in [1.807, 2.05) is 35.2 Å². The predicted octanol–water partition coefficient (Wildman–Crippen LogP) is 3.60. The fraction of sp³-hybridized carbons (Fsp3) is 0.263. The van der Waals surface area contributed by atoms with E-state index in [2.05, 4.69) is 33.6 Å². The van der Waals surface area contributed by atoms with Gasteiger partial charge in [0.1, 0.15) is 0 Å². The molecule has 1 amide bonds. The van der Waals surface area contributed by atoms with E-state index in [1.165, 1.54) is 17.1 Å². The number of hydrogen-bond acceptors (Lipinski definition) is 5. The second-order valence-electron chi connectivity index (χ2n) is 5.96. The van der Waals surface area contributed by atoms with Gasteiger partial charge in [-0.1, -0.05) is 40.9 Å². The van der Waals surface area contributed by atoms with Gasteiger partial charge in [-0.25, -0.2) is 0 Å².